The van der Waals surface area contributed by atoms with Gasteiger partial charge in [0.2, 0.25) is 5.88 Å². The van der Waals surface area contributed by atoms with Crippen LogP contribution in [0.3, 0.4) is 0 Å². The Morgan fingerprint density at radius 2 is 2.12 bits per heavy atom. The number of carbonyl (C=O) groups excluding carboxylic acids is 1. The summed E-state index contributed by atoms with van der Waals surface area (Å²) in [5, 5.41) is 6.46. The Morgan fingerprint density at radius 1 is 1.31 bits per heavy atom. The van der Waals surface area contributed by atoms with Gasteiger partial charge in [-0.15, -0.1) is 16.4 Å². The summed E-state index contributed by atoms with van der Waals surface area (Å²) in [6.45, 7) is 6.18. The quantitative estimate of drug-likeness (QED) is 0.707. The molecule has 0 spiro atoms. The molecule has 0 unspecified atom stereocenters. The zero-order valence-electron chi connectivity index (χ0n) is 15.0. The predicted octanol–water partition coefficient (Wildman–Crippen LogP) is 3.34. The van der Waals surface area contributed by atoms with E-state index < -0.39 is 0 Å². The number of thiophene rings is 1. The number of nitrogens with zero attached hydrogens (tertiary/aromatic N) is 4. The second-order valence-electron chi connectivity index (χ2n) is 6.89. The van der Waals surface area contributed by atoms with Crippen molar-refractivity contribution in [3.8, 4) is 5.88 Å². The molecular weight excluding hydrogens is 348 g/mol. The summed E-state index contributed by atoms with van der Waals surface area (Å²) in [5.74, 6) is 1.22. The van der Waals surface area contributed by atoms with Crippen LogP contribution in [0.1, 0.15) is 33.8 Å². The smallest absolute Gasteiger partial charge is 0.263 e. The van der Waals surface area contributed by atoms with Gasteiger partial charge in [0.15, 0.2) is 5.65 Å². The molecule has 0 N–H and O–H groups in total. The number of rotatable bonds is 4. The van der Waals surface area contributed by atoms with Gasteiger partial charge in [-0.3, -0.25) is 4.79 Å². The summed E-state index contributed by atoms with van der Waals surface area (Å²) >= 11 is 1.53. The lowest BCUT2D eigenvalue weighted by atomic mass is 9.97. The molecule has 3 aromatic rings. The predicted molar refractivity (Wildman–Crippen MR) is 101 cm³/mol. The molecule has 1 aliphatic heterocycles. The highest BCUT2D eigenvalue weighted by Gasteiger charge is 2.24. The van der Waals surface area contributed by atoms with Gasteiger partial charge in [-0.1, -0.05) is 0 Å². The van der Waals surface area contributed by atoms with Crippen molar-refractivity contribution in [2.45, 2.75) is 26.7 Å². The largest absolute Gasteiger partial charge is 0.476 e. The minimum Gasteiger partial charge on any atom is -0.476 e. The molecule has 3 aromatic heterocycles. The van der Waals surface area contributed by atoms with E-state index in [0.29, 0.717) is 18.4 Å². The van der Waals surface area contributed by atoms with Crippen LogP contribution in [0.5, 0.6) is 5.88 Å². The van der Waals surface area contributed by atoms with Crippen LogP contribution in [0.25, 0.3) is 5.65 Å². The molecule has 0 atom stereocenters. The number of hydrogen-bond acceptors (Lipinski definition) is 5. The normalized spacial score (nSPS) is 15.5. The molecule has 1 amide bonds. The van der Waals surface area contributed by atoms with E-state index in [1.54, 1.807) is 4.52 Å². The first-order chi connectivity index (χ1) is 12.6. The first-order valence-electron chi connectivity index (χ1n) is 8.89. The Morgan fingerprint density at radius 3 is 2.85 bits per heavy atom. The van der Waals surface area contributed by atoms with E-state index in [-0.39, 0.29) is 5.91 Å². The van der Waals surface area contributed by atoms with Gasteiger partial charge in [-0.05, 0) is 55.7 Å². The number of aryl methyl sites for hydroxylation is 2. The lowest BCUT2D eigenvalue weighted by molar-refractivity contribution is 0.0663. The van der Waals surface area contributed by atoms with Crippen molar-refractivity contribution in [2.24, 2.45) is 5.92 Å². The number of amides is 1. The van der Waals surface area contributed by atoms with Gasteiger partial charge in [-0.25, -0.2) is 9.50 Å². The highest BCUT2D eigenvalue weighted by Crippen LogP contribution is 2.22. The van der Waals surface area contributed by atoms with Crippen LogP contribution in [0.2, 0.25) is 0 Å². The Balaban J connectivity index is 1.30. The number of ether oxygens (including phenoxy) is 1. The van der Waals surface area contributed by atoms with Crippen LogP contribution in [0, 0.1) is 19.8 Å². The van der Waals surface area contributed by atoms with Crippen LogP contribution in [0.4, 0.5) is 0 Å². The topological polar surface area (TPSA) is 59.7 Å². The van der Waals surface area contributed by atoms with E-state index in [0.717, 1.165) is 47.7 Å². The average molecular weight is 370 g/mol. The second kappa shape index (κ2) is 7.07. The van der Waals surface area contributed by atoms with E-state index >= 15 is 0 Å². The summed E-state index contributed by atoms with van der Waals surface area (Å²) in [5.41, 5.74) is 2.91. The van der Waals surface area contributed by atoms with Crippen molar-refractivity contribution in [1.29, 1.82) is 0 Å². The summed E-state index contributed by atoms with van der Waals surface area (Å²) in [6.07, 6.45) is 3.81. The van der Waals surface area contributed by atoms with Gasteiger partial charge >= 0.3 is 0 Å². The maximum atomic E-state index is 12.5. The van der Waals surface area contributed by atoms with Gasteiger partial charge < -0.3 is 9.64 Å². The highest BCUT2D eigenvalue weighted by molar-refractivity contribution is 7.12. The molecule has 1 fully saturated rings. The molecule has 0 radical (unpaired) electrons. The first-order valence-corrected chi connectivity index (χ1v) is 9.77. The molecule has 4 rings (SSSR count). The minimum atomic E-state index is 0.157. The molecule has 4 heterocycles. The zero-order valence-corrected chi connectivity index (χ0v) is 15.8. The number of fused-ring (bicyclic) bond motifs is 1. The number of carbonyl (C=O) groups is 1. The lowest BCUT2D eigenvalue weighted by Gasteiger charge is -2.31. The number of aromatic nitrogens is 3. The van der Waals surface area contributed by atoms with Crippen LogP contribution >= 0.6 is 11.3 Å². The average Bonchev–Trinajstić information content (AvgIpc) is 3.24. The van der Waals surface area contributed by atoms with Gasteiger partial charge in [0.25, 0.3) is 5.91 Å². The van der Waals surface area contributed by atoms with Crippen molar-refractivity contribution < 1.29 is 9.53 Å². The Bertz CT molecular complexity index is 925. The van der Waals surface area contributed by atoms with Crippen LogP contribution in [-0.4, -0.2) is 45.1 Å². The SMILES string of the molecule is Cc1csc(C(=O)N2CCC(COc3ccc4nc(C)cn4n3)CC2)c1. The number of hydrogen-bond donors (Lipinski definition) is 0. The van der Waals surface area contributed by atoms with Crippen molar-refractivity contribution in [1.82, 2.24) is 19.5 Å². The summed E-state index contributed by atoms with van der Waals surface area (Å²) in [6, 6.07) is 5.75. The van der Waals surface area contributed by atoms with Crippen molar-refractivity contribution in [3.05, 3.63) is 45.9 Å². The number of imidazole rings is 1. The van der Waals surface area contributed by atoms with Gasteiger partial charge in [0.05, 0.1) is 23.4 Å². The number of likely N-dealkylation sites (tertiary alicyclic amines) is 1. The minimum absolute atomic E-state index is 0.157. The Labute approximate surface area is 156 Å². The molecule has 1 aliphatic rings. The molecule has 7 heteroatoms. The van der Waals surface area contributed by atoms with E-state index in [1.165, 1.54) is 11.3 Å². The third-order valence-corrected chi connectivity index (χ3v) is 5.76. The molecule has 6 nitrogen and oxygen atoms in total. The molecule has 0 saturated carbocycles. The summed E-state index contributed by atoms with van der Waals surface area (Å²) < 4.78 is 7.63. The van der Waals surface area contributed by atoms with Gasteiger partial charge in [-0.2, -0.15) is 0 Å². The standard InChI is InChI=1S/C19H22N4O2S/c1-13-9-16(26-12-13)19(24)22-7-5-15(6-8-22)11-25-18-4-3-17-20-14(2)10-23(17)21-18/h3-4,9-10,12,15H,5-8,11H2,1-2H3. The second-order valence-corrected chi connectivity index (χ2v) is 7.80. The Hall–Kier alpha value is -2.41. The van der Waals surface area contributed by atoms with E-state index in [2.05, 4.69) is 10.1 Å². The van der Waals surface area contributed by atoms with E-state index in [9.17, 15) is 4.79 Å². The maximum Gasteiger partial charge on any atom is 0.263 e. The van der Waals surface area contributed by atoms with Crippen molar-refractivity contribution in [3.63, 3.8) is 0 Å². The van der Waals surface area contributed by atoms with Crippen molar-refractivity contribution in [2.75, 3.05) is 19.7 Å². The van der Waals surface area contributed by atoms with Crippen LogP contribution in [-0.2, 0) is 0 Å². The molecule has 26 heavy (non-hydrogen) atoms. The van der Waals surface area contributed by atoms with E-state index in [1.807, 2.05) is 48.5 Å². The third-order valence-electron chi connectivity index (χ3n) is 4.73. The van der Waals surface area contributed by atoms with Crippen molar-refractivity contribution >= 4 is 22.9 Å². The lowest BCUT2D eigenvalue weighted by Crippen LogP contribution is -2.39. The zero-order chi connectivity index (χ0) is 18.1. The van der Waals surface area contributed by atoms with Gasteiger partial charge in [0.1, 0.15) is 0 Å². The van der Waals surface area contributed by atoms with Crippen LogP contribution in [0.15, 0.2) is 29.8 Å². The Kier molecular flexibility index (Phi) is 4.63. The monoisotopic (exact) mass is 370 g/mol. The molecule has 1 saturated heterocycles. The molecule has 0 aliphatic carbocycles. The number of piperidine rings is 1. The summed E-state index contributed by atoms with van der Waals surface area (Å²) in [4.78, 5) is 19.7. The first kappa shape index (κ1) is 17.0. The summed E-state index contributed by atoms with van der Waals surface area (Å²) in [7, 11) is 0. The molecular formula is C19H22N4O2S. The highest BCUT2D eigenvalue weighted by atomic mass is 32.1. The molecule has 0 bridgehead atoms. The van der Waals surface area contributed by atoms with Gasteiger partial charge in [0, 0.05) is 19.2 Å². The molecule has 0 aromatic carbocycles. The third kappa shape index (κ3) is 3.58. The van der Waals surface area contributed by atoms with E-state index in [4.69, 9.17) is 4.74 Å². The van der Waals surface area contributed by atoms with Crippen LogP contribution < -0.4 is 4.74 Å². The molecule has 136 valence electrons. The maximum absolute atomic E-state index is 12.5. The fourth-order valence-corrected chi connectivity index (χ4v) is 4.13. The fourth-order valence-electron chi connectivity index (χ4n) is 3.27. The fraction of sp³-hybridized carbons (Fsp3) is 0.421.